The van der Waals surface area contributed by atoms with Gasteiger partial charge in [0.2, 0.25) is 0 Å². The van der Waals surface area contributed by atoms with Crippen LogP contribution in [-0.2, 0) is 0 Å². The lowest BCUT2D eigenvalue weighted by Gasteiger charge is -2.35. The van der Waals surface area contributed by atoms with Crippen molar-refractivity contribution in [2.75, 3.05) is 60.5 Å². The molecule has 0 atom stereocenters. The van der Waals surface area contributed by atoms with Crippen molar-refractivity contribution in [1.82, 2.24) is 24.7 Å². The van der Waals surface area contributed by atoms with Gasteiger partial charge in [-0.05, 0) is 43.9 Å². The summed E-state index contributed by atoms with van der Waals surface area (Å²) >= 11 is 0. The van der Waals surface area contributed by atoms with Gasteiger partial charge < -0.3 is 19.5 Å². The molecule has 2 aromatic carbocycles. The van der Waals surface area contributed by atoms with E-state index in [1.807, 2.05) is 50.6 Å². The number of carbonyl (C=O) groups is 1. The molecule has 5 rings (SSSR count). The molecule has 198 valence electrons. The molecule has 4 aromatic rings. The van der Waals surface area contributed by atoms with Gasteiger partial charge in [0.15, 0.2) is 11.6 Å². The highest BCUT2D eigenvalue weighted by Crippen LogP contribution is 2.36. The first-order valence-electron chi connectivity index (χ1n) is 12.6. The molecular formula is C29H31F2N5O2. The van der Waals surface area contributed by atoms with Gasteiger partial charge in [-0.15, -0.1) is 0 Å². The standard InChI is InChI=1S/C29H31F2N5O2/c1-34(2)8-9-35-10-12-36(13-11-35)29(37)23-14-19(16-25(30)27(23)31)20-15-22-24(18-33-28(22)32-17-20)21-6-4-5-7-26(21)38-3/h4-7,14-18H,8-13H2,1-3H3,(H,32,33). The lowest BCUT2D eigenvalue weighted by Crippen LogP contribution is -2.50. The molecule has 3 heterocycles. The number of fused-ring (bicyclic) bond motifs is 1. The highest BCUT2D eigenvalue weighted by Gasteiger charge is 2.26. The number of methoxy groups -OCH3 is 1. The molecule has 1 fully saturated rings. The summed E-state index contributed by atoms with van der Waals surface area (Å²) < 4.78 is 35.2. The summed E-state index contributed by atoms with van der Waals surface area (Å²) in [4.78, 5) is 26.9. The fraction of sp³-hybridized carbons (Fsp3) is 0.310. The third-order valence-corrected chi connectivity index (χ3v) is 7.04. The van der Waals surface area contributed by atoms with Crippen molar-refractivity contribution in [3.63, 3.8) is 0 Å². The van der Waals surface area contributed by atoms with Gasteiger partial charge in [0.05, 0.1) is 12.7 Å². The van der Waals surface area contributed by atoms with Gasteiger partial charge in [0.25, 0.3) is 5.91 Å². The van der Waals surface area contributed by atoms with E-state index in [0.717, 1.165) is 35.7 Å². The largest absolute Gasteiger partial charge is 0.496 e. The zero-order chi connectivity index (χ0) is 26.8. The van der Waals surface area contributed by atoms with Crippen molar-refractivity contribution >= 4 is 16.9 Å². The number of halogens is 2. The SMILES string of the molecule is COc1ccccc1-c1c[nH]c2ncc(-c3cc(F)c(F)c(C(=O)N4CCN(CCN(C)C)CC4)c3)cc12. The summed E-state index contributed by atoms with van der Waals surface area (Å²) in [7, 11) is 5.65. The maximum absolute atomic E-state index is 14.9. The molecule has 1 aliphatic rings. The Morgan fingerprint density at radius 1 is 1.05 bits per heavy atom. The normalized spacial score (nSPS) is 14.4. The highest BCUT2D eigenvalue weighted by molar-refractivity contribution is 5.98. The minimum Gasteiger partial charge on any atom is -0.496 e. The molecule has 0 radical (unpaired) electrons. The monoisotopic (exact) mass is 519 g/mol. The van der Waals surface area contributed by atoms with Crippen LogP contribution < -0.4 is 4.74 Å². The number of aromatic nitrogens is 2. The molecule has 2 aromatic heterocycles. The van der Waals surface area contributed by atoms with Crippen molar-refractivity contribution < 1.29 is 18.3 Å². The number of ether oxygens (including phenoxy) is 1. The van der Waals surface area contributed by atoms with Crippen LogP contribution in [0.1, 0.15) is 10.4 Å². The number of hydrogen-bond donors (Lipinski definition) is 1. The Bertz CT molecular complexity index is 1460. The number of aromatic amines is 1. The Morgan fingerprint density at radius 2 is 1.82 bits per heavy atom. The third-order valence-electron chi connectivity index (χ3n) is 7.04. The van der Waals surface area contributed by atoms with Gasteiger partial charge in [-0.3, -0.25) is 9.69 Å². The molecule has 1 N–H and O–H groups in total. The van der Waals surface area contributed by atoms with Crippen LogP contribution in [0.3, 0.4) is 0 Å². The molecule has 1 aliphatic heterocycles. The smallest absolute Gasteiger partial charge is 0.257 e. The maximum atomic E-state index is 14.9. The summed E-state index contributed by atoms with van der Waals surface area (Å²) in [5.74, 6) is -1.98. The first-order valence-corrected chi connectivity index (χ1v) is 12.6. The molecule has 1 saturated heterocycles. The van der Waals surface area contributed by atoms with E-state index < -0.39 is 17.5 Å². The molecule has 7 nitrogen and oxygen atoms in total. The number of nitrogens with one attached hydrogen (secondary N) is 1. The second kappa shape index (κ2) is 10.9. The number of carbonyl (C=O) groups excluding carboxylic acids is 1. The van der Waals surface area contributed by atoms with Crippen molar-refractivity contribution in [3.05, 3.63) is 72.1 Å². The number of hydrogen-bond acceptors (Lipinski definition) is 5. The fourth-order valence-corrected chi connectivity index (χ4v) is 4.85. The lowest BCUT2D eigenvalue weighted by molar-refractivity contribution is 0.0624. The van der Waals surface area contributed by atoms with E-state index in [-0.39, 0.29) is 5.56 Å². The zero-order valence-corrected chi connectivity index (χ0v) is 21.8. The first kappa shape index (κ1) is 25.8. The molecule has 0 spiro atoms. The number of piperazine rings is 1. The quantitative estimate of drug-likeness (QED) is 0.390. The van der Waals surface area contributed by atoms with E-state index in [0.29, 0.717) is 48.7 Å². The number of benzene rings is 2. The summed E-state index contributed by atoms with van der Waals surface area (Å²) in [6, 6.07) is 12.0. The molecule has 0 saturated carbocycles. The van der Waals surface area contributed by atoms with Crippen LogP contribution in [0.4, 0.5) is 8.78 Å². The van der Waals surface area contributed by atoms with Crippen molar-refractivity contribution in [3.8, 4) is 28.0 Å². The Morgan fingerprint density at radius 3 is 2.55 bits per heavy atom. The number of rotatable bonds is 7. The van der Waals surface area contributed by atoms with Crippen LogP contribution in [-0.4, -0.2) is 91.0 Å². The molecule has 9 heteroatoms. The van der Waals surface area contributed by atoms with Crippen molar-refractivity contribution in [1.29, 1.82) is 0 Å². The van der Waals surface area contributed by atoms with Gasteiger partial charge >= 0.3 is 0 Å². The molecular weight excluding hydrogens is 488 g/mol. The number of pyridine rings is 1. The van der Waals surface area contributed by atoms with Crippen molar-refractivity contribution in [2.45, 2.75) is 0 Å². The second-order valence-electron chi connectivity index (χ2n) is 9.78. The topological polar surface area (TPSA) is 64.7 Å². The summed E-state index contributed by atoms with van der Waals surface area (Å²) in [5, 5.41) is 0.804. The van der Waals surface area contributed by atoms with E-state index >= 15 is 0 Å². The van der Waals surface area contributed by atoms with Crippen LogP contribution in [0.25, 0.3) is 33.3 Å². The molecule has 38 heavy (non-hydrogen) atoms. The molecule has 0 aliphatic carbocycles. The maximum Gasteiger partial charge on any atom is 0.257 e. The number of amides is 1. The number of H-pyrrole nitrogens is 1. The van der Waals surface area contributed by atoms with Crippen LogP contribution in [0, 0.1) is 11.6 Å². The molecule has 1 amide bonds. The Kier molecular flexibility index (Phi) is 7.40. The van der Waals surface area contributed by atoms with Crippen LogP contribution in [0.15, 0.2) is 54.9 Å². The van der Waals surface area contributed by atoms with Crippen molar-refractivity contribution in [2.24, 2.45) is 0 Å². The number of para-hydroxylation sites is 1. The van der Waals surface area contributed by atoms with E-state index in [1.54, 1.807) is 18.2 Å². The minimum atomic E-state index is -1.13. The summed E-state index contributed by atoms with van der Waals surface area (Å²) in [5.41, 5.74) is 3.11. The Labute approximate surface area is 220 Å². The Balaban J connectivity index is 1.44. The van der Waals surface area contributed by atoms with Gasteiger partial charge in [-0.1, -0.05) is 18.2 Å². The number of likely N-dealkylation sites (N-methyl/N-ethyl adjacent to an activating group) is 1. The number of nitrogens with zero attached hydrogens (tertiary/aromatic N) is 4. The van der Waals surface area contributed by atoms with Crippen LogP contribution in [0.5, 0.6) is 5.75 Å². The van der Waals surface area contributed by atoms with E-state index in [2.05, 4.69) is 19.8 Å². The van der Waals surface area contributed by atoms with Gasteiger partial charge in [-0.2, -0.15) is 0 Å². The van der Waals surface area contributed by atoms with Gasteiger partial charge in [0.1, 0.15) is 11.4 Å². The Hall–Kier alpha value is -3.82. The van der Waals surface area contributed by atoms with E-state index in [4.69, 9.17) is 4.74 Å². The van der Waals surface area contributed by atoms with Gasteiger partial charge in [-0.25, -0.2) is 13.8 Å². The van der Waals surface area contributed by atoms with Crippen LogP contribution in [0.2, 0.25) is 0 Å². The summed E-state index contributed by atoms with van der Waals surface area (Å²) in [6.07, 6.45) is 3.44. The minimum absolute atomic E-state index is 0.263. The van der Waals surface area contributed by atoms with Gasteiger partial charge in [0, 0.05) is 73.7 Å². The van der Waals surface area contributed by atoms with E-state index in [1.165, 1.54) is 6.07 Å². The molecule has 0 bridgehead atoms. The summed E-state index contributed by atoms with van der Waals surface area (Å²) in [6.45, 7) is 4.16. The van der Waals surface area contributed by atoms with Crippen LogP contribution >= 0.6 is 0 Å². The van der Waals surface area contributed by atoms with E-state index in [9.17, 15) is 13.6 Å². The fourth-order valence-electron chi connectivity index (χ4n) is 4.85. The average molecular weight is 520 g/mol. The average Bonchev–Trinajstić information content (AvgIpc) is 3.36. The second-order valence-corrected chi connectivity index (χ2v) is 9.78. The first-order chi connectivity index (χ1) is 18.4. The third kappa shape index (κ3) is 5.12. The highest BCUT2D eigenvalue weighted by atomic mass is 19.2. The predicted octanol–water partition coefficient (Wildman–Crippen LogP) is 4.50. The lowest BCUT2D eigenvalue weighted by atomic mass is 9.99. The predicted molar refractivity (Wildman–Crippen MR) is 144 cm³/mol. The molecule has 0 unspecified atom stereocenters. The zero-order valence-electron chi connectivity index (χ0n) is 21.8.